The van der Waals surface area contributed by atoms with E-state index in [0.717, 1.165) is 42.2 Å². The van der Waals surface area contributed by atoms with Gasteiger partial charge in [-0.15, -0.1) is 0 Å². The molecule has 1 aromatic heterocycles. The topological polar surface area (TPSA) is 60.6 Å². The molecule has 0 saturated heterocycles. The molecule has 0 aliphatic carbocycles. The summed E-state index contributed by atoms with van der Waals surface area (Å²) in [5.74, 6) is 0.758. The average Bonchev–Trinajstić information content (AvgIpc) is 2.91. The summed E-state index contributed by atoms with van der Waals surface area (Å²) >= 11 is 0. The van der Waals surface area contributed by atoms with Gasteiger partial charge in [0.1, 0.15) is 5.75 Å². The smallest absolute Gasteiger partial charge is 0.255 e. The minimum Gasteiger partial charge on any atom is -0.497 e. The van der Waals surface area contributed by atoms with Crippen molar-refractivity contribution >= 4 is 5.91 Å². The van der Waals surface area contributed by atoms with E-state index in [9.17, 15) is 4.79 Å². The lowest BCUT2D eigenvalue weighted by Crippen LogP contribution is -3.06. The molecule has 0 atom stereocenters. The fourth-order valence-electron chi connectivity index (χ4n) is 2.76. The van der Waals surface area contributed by atoms with Crippen LogP contribution in [0.15, 0.2) is 24.3 Å². The van der Waals surface area contributed by atoms with E-state index in [1.807, 2.05) is 35.9 Å². The minimum atomic E-state index is -0.0399. The highest BCUT2D eigenvalue weighted by Crippen LogP contribution is 2.21. The molecule has 0 spiro atoms. The first-order valence-electron chi connectivity index (χ1n) is 8.78. The molecule has 0 aliphatic rings. The van der Waals surface area contributed by atoms with Gasteiger partial charge >= 0.3 is 0 Å². The first kappa shape index (κ1) is 19.0. The van der Waals surface area contributed by atoms with Crippen molar-refractivity contribution in [2.75, 3.05) is 34.3 Å². The Morgan fingerprint density at radius 1 is 1.28 bits per heavy atom. The number of carbonyl (C=O) groups excluding carboxylic acids is 1. The molecule has 6 nitrogen and oxygen atoms in total. The quantitative estimate of drug-likeness (QED) is 0.751. The Morgan fingerprint density at radius 3 is 2.52 bits per heavy atom. The lowest BCUT2D eigenvalue weighted by molar-refractivity contribution is -0.856. The third-order valence-corrected chi connectivity index (χ3v) is 4.13. The number of amides is 1. The van der Waals surface area contributed by atoms with E-state index in [1.165, 1.54) is 4.90 Å². The van der Waals surface area contributed by atoms with Gasteiger partial charge < -0.3 is 15.0 Å². The average molecular weight is 345 g/mol. The zero-order valence-corrected chi connectivity index (χ0v) is 15.8. The van der Waals surface area contributed by atoms with E-state index >= 15 is 0 Å². The summed E-state index contributed by atoms with van der Waals surface area (Å²) in [4.78, 5) is 14.0. The monoisotopic (exact) mass is 345 g/mol. The summed E-state index contributed by atoms with van der Waals surface area (Å²) in [6, 6.07) is 7.70. The first-order valence-corrected chi connectivity index (χ1v) is 8.78. The van der Waals surface area contributed by atoms with Gasteiger partial charge in [0, 0.05) is 0 Å². The molecular weight excluding hydrogens is 316 g/mol. The predicted molar refractivity (Wildman–Crippen MR) is 98.9 cm³/mol. The Labute approximate surface area is 149 Å². The van der Waals surface area contributed by atoms with Crippen molar-refractivity contribution in [1.82, 2.24) is 15.1 Å². The van der Waals surface area contributed by atoms with Gasteiger partial charge in [-0.25, -0.2) is 4.68 Å². The molecule has 0 saturated carbocycles. The zero-order chi connectivity index (χ0) is 18.4. The Morgan fingerprint density at radius 2 is 1.96 bits per heavy atom. The van der Waals surface area contributed by atoms with Crippen molar-refractivity contribution in [1.29, 1.82) is 0 Å². The minimum absolute atomic E-state index is 0.0399. The summed E-state index contributed by atoms with van der Waals surface area (Å²) in [6.45, 7) is 5.59. The Hall–Kier alpha value is -2.34. The molecule has 1 aromatic carbocycles. The van der Waals surface area contributed by atoms with Crippen LogP contribution in [0.1, 0.15) is 35.1 Å². The molecule has 6 heteroatoms. The van der Waals surface area contributed by atoms with Gasteiger partial charge in [-0.3, -0.25) is 4.79 Å². The number of nitrogens with zero attached hydrogens (tertiary/aromatic N) is 2. The normalized spacial score (nSPS) is 11.0. The van der Waals surface area contributed by atoms with E-state index in [-0.39, 0.29) is 5.91 Å². The zero-order valence-electron chi connectivity index (χ0n) is 15.8. The maximum atomic E-state index is 12.7. The number of rotatable bonds is 8. The summed E-state index contributed by atoms with van der Waals surface area (Å²) in [7, 11) is 5.79. The number of hydrogen-bond acceptors (Lipinski definition) is 3. The maximum absolute atomic E-state index is 12.7. The van der Waals surface area contributed by atoms with Gasteiger partial charge in [0.05, 0.1) is 56.9 Å². The number of methoxy groups -OCH3 is 1. The van der Waals surface area contributed by atoms with Crippen molar-refractivity contribution in [2.45, 2.75) is 26.7 Å². The van der Waals surface area contributed by atoms with Crippen LogP contribution in [-0.4, -0.2) is 50.0 Å². The standard InChI is InChI=1S/C19H28N4O2/c1-6-7-17-18(19(24)20-12-13-22(3)4)14(2)23(21-17)15-8-10-16(25-5)11-9-15/h8-11H,6-7,12-13H2,1-5H3,(H,20,24)/p+1. The highest BCUT2D eigenvalue weighted by Gasteiger charge is 2.21. The van der Waals surface area contributed by atoms with Crippen molar-refractivity contribution in [2.24, 2.45) is 0 Å². The summed E-state index contributed by atoms with van der Waals surface area (Å²) in [5, 5.41) is 7.72. The van der Waals surface area contributed by atoms with E-state index < -0.39 is 0 Å². The van der Waals surface area contributed by atoms with Crippen LogP contribution in [0.3, 0.4) is 0 Å². The van der Waals surface area contributed by atoms with Crippen LogP contribution in [0, 0.1) is 6.92 Å². The molecule has 0 fully saturated rings. The van der Waals surface area contributed by atoms with Gasteiger partial charge in [-0.05, 0) is 37.6 Å². The molecule has 0 aliphatic heterocycles. The second-order valence-electron chi connectivity index (χ2n) is 6.48. The molecule has 136 valence electrons. The Kier molecular flexibility index (Phi) is 6.58. The summed E-state index contributed by atoms with van der Waals surface area (Å²) < 4.78 is 7.05. The largest absolute Gasteiger partial charge is 0.497 e. The Bertz CT molecular complexity index is 705. The fraction of sp³-hybridized carbons (Fsp3) is 0.474. The molecule has 2 N–H and O–H groups in total. The van der Waals surface area contributed by atoms with E-state index in [4.69, 9.17) is 9.84 Å². The van der Waals surface area contributed by atoms with Crippen molar-refractivity contribution < 1.29 is 14.4 Å². The lowest BCUT2D eigenvalue weighted by atomic mass is 10.1. The van der Waals surface area contributed by atoms with Gasteiger partial charge in [0.2, 0.25) is 0 Å². The van der Waals surface area contributed by atoms with Crippen LogP contribution in [0.4, 0.5) is 0 Å². The number of aryl methyl sites for hydroxylation is 1. The molecule has 25 heavy (non-hydrogen) atoms. The van der Waals surface area contributed by atoms with Gasteiger partial charge in [0.15, 0.2) is 0 Å². The highest BCUT2D eigenvalue weighted by atomic mass is 16.5. The number of ether oxygens (including phenoxy) is 1. The van der Waals surface area contributed by atoms with Crippen molar-refractivity contribution in [3.63, 3.8) is 0 Å². The SMILES string of the molecule is CCCc1nn(-c2ccc(OC)cc2)c(C)c1C(=O)NCC[NH+](C)C. The van der Waals surface area contributed by atoms with Crippen LogP contribution in [0.2, 0.25) is 0 Å². The fourth-order valence-corrected chi connectivity index (χ4v) is 2.76. The predicted octanol–water partition coefficient (Wildman–Crippen LogP) is 1.02. The van der Waals surface area contributed by atoms with Gasteiger partial charge in [-0.2, -0.15) is 5.10 Å². The Balaban J connectivity index is 2.31. The van der Waals surface area contributed by atoms with Crippen LogP contribution >= 0.6 is 0 Å². The third kappa shape index (κ3) is 4.60. The number of nitrogens with one attached hydrogen (secondary N) is 2. The number of quaternary nitrogens is 1. The first-order chi connectivity index (χ1) is 12.0. The number of hydrogen-bond donors (Lipinski definition) is 2. The van der Waals surface area contributed by atoms with Crippen LogP contribution in [0.25, 0.3) is 5.69 Å². The molecule has 0 unspecified atom stereocenters. The molecule has 0 bridgehead atoms. The molecule has 1 heterocycles. The van der Waals surface area contributed by atoms with E-state index in [0.29, 0.717) is 12.1 Å². The maximum Gasteiger partial charge on any atom is 0.255 e. The van der Waals surface area contributed by atoms with Gasteiger partial charge in [-0.1, -0.05) is 13.3 Å². The van der Waals surface area contributed by atoms with Crippen molar-refractivity contribution in [3.05, 3.63) is 41.2 Å². The van der Waals surface area contributed by atoms with Crippen molar-refractivity contribution in [3.8, 4) is 11.4 Å². The lowest BCUT2D eigenvalue weighted by Gasteiger charge is -2.09. The van der Waals surface area contributed by atoms with Crippen LogP contribution in [0.5, 0.6) is 5.75 Å². The summed E-state index contributed by atoms with van der Waals surface area (Å²) in [6.07, 6.45) is 1.73. The third-order valence-electron chi connectivity index (χ3n) is 4.13. The molecule has 1 amide bonds. The van der Waals surface area contributed by atoms with Gasteiger partial charge in [0.25, 0.3) is 5.91 Å². The second-order valence-corrected chi connectivity index (χ2v) is 6.48. The molecule has 0 radical (unpaired) electrons. The summed E-state index contributed by atoms with van der Waals surface area (Å²) in [5.41, 5.74) is 3.34. The number of aromatic nitrogens is 2. The number of likely N-dealkylation sites (N-methyl/N-ethyl adjacent to an activating group) is 1. The number of benzene rings is 1. The second kappa shape index (κ2) is 8.67. The van der Waals surface area contributed by atoms with Crippen LogP contribution < -0.4 is 15.0 Å². The van der Waals surface area contributed by atoms with E-state index in [1.54, 1.807) is 7.11 Å². The molecular formula is C19H29N4O2+. The highest BCUT2D eigenvalue weighted by molar-refractivity contribution is 5.96. The molecule has 2 aromatic rings. The van der Waals surface area contributed by atoms with Crippen LogP contribution in [-0.2, 0) is 6.42 Å². The molecule has 2 rings (SSSR count). The number of carbonyl (C=O) groups is 1. The van der Waals surface area contributed by atoms with E-state index in [2.05, 4.69) is 26.3 Å².